The Kier molecular flexibility index (Phi) is 7.35. The van der Waals surface area contributed by atoms with Gasteiger partial charge in [-0.1, -0.05) is 0 Å². The van der Waals surface area contributed by atoms with Crippen LogP contribution in [0.2, 0.25) is 0 Å². The molecule has 2 aromatic rings. The molecule has 2 unspecified atom stereocenters. The van der Waals surface area contributed by atoms with Gasteiger partial charge in [-0.15, -0.1) is 11.3 Å². The van der Waals surface area contributed by atoms with Crippen LogP contribution in [0.1, 0.15) is 17.4 Å². The number of piperazine rings is 1. The molecule has 1 aromatic carbocycles. The molecule has 36 heavy (non-hydrogen) atoms. The van der Waals surface area contributed by atoms with Crippen molar-refractivity contribution in [1.29, 1.82) is 0 Å². The Balaban J connectivity index is 1.90. The van der Waals surface area contributed by atoms with Crippen LogP contribution in [0.3, 0.4) is 0 Å². The largest absolute Gasteiger partial charge is 0.466 e. The summed E-state index contributed by atoms with van der Waals surface area (Å²) < 4.78 is 124. The van der Waals surface area contributed by atoms with Gasteiger partial charge in [-0.2, -0.15) is 30.6 Å². The predicted octanol–water partition coefficient (Wildman–Crippen LogP) is 3.12. The molecule has 8 nitrogen and oxygen atoms in total. The first-order valence-electron chi connectivity index (χ1n) is 9.92. The Morgan fingerprint density at radius 1 is 1.19 bits per heavy atom. The Labute approximate surface area is 204 Å². The van der Waals surface area contributed by atoms with Crippen LogP contribution in [-0.2, 0) is 31.3 Å². The number of anilines is 1. The summed E-state index contributed by atoms with van der Waals surface area (Å²) in [6.07, 6.45) is -10.1. The van der Waals surface area contributed by atoms with Crippen LogP contribution >= 0.6 is 11.3 Å². The lowest BCUT2D eigenvalue weighted by molar-refractivity contribution is -0.265. The summed E-state index contributed by atoms with van der Waals surface area (Å²) in [6, 6.07) is 1.10. The van der Waals surface area contributed by atoms with E-state index in [1.54, 1.807) is 0 Å². The Hall–Kier alpha value is -2.50. The summed E-state index contributed by atoms with van der Waals surface area (Å²) in [5.41, 5.74) is -5.77. The van der Waals surface area contributed by atoms with Gasteiger partial charge in [0.05, 0.1) is 17.6 Å². The minimum Gasteiger partial charge on any atom is -0.466 e. The molecule has 2 heterocycles. The maximum atomic E-state index is 13.5. The molecule has 3 rings (SSSR count). The number of nitrogens with zero attached hydrogens (tertiary/aromatic N) is 3. The standard InChI is InChI=1S/C19H18F7N3O5S2/c1-10-9-28(13-4-3-11(20)7-12(13)18(21,22)23)5-6-29(10)36(32,33)16-27-8-14(35-16)17(31,15(30)34-2)19(24,25)26/h3-4,7-8,10,31H,5-6,9H2,1-2H3. The van der Waals surface area contributed by atoms with Crippen molar-refractivity contribution in [3.05, 3.63) is 40.7 Å². The third kappa shape index (κ3) is 4.88. The molecule has 0 bridgehead atoms. The van der Waals surface area contributed by atoms with Gasteiger partial charge in [-0.05, 0) is 25.1 Å². The van der Waals surface area contributed by atoms with Crippen LogP contribution in [0, 0.1) is 5.82 Å². The monoisotopic (exact) mass is 565 g/mol. The van der Waals surface area contributed by atoms with E-state index in [1.807, 2.05) is 0 Å². The number of thiazole rings is 1. The van der Waals surface area contributed by atoms with Crippen LogP contribution in [0.4, 0.5) is 36.4 Å². The molecule has 0 amide bonds. The molecule has 1 aliphatic heterocycles. The molecule has 1 aliphatic rings. The summed E-state index contributed by atoms with van der Waals surface area (Å²) >= 11 is -0.0980. The third-order valence-electron chi connectivity index (χ3n) is 5.43. The van der Waals surface area contributed by atoms with Crippen molar-refractivity contribution in [2.24, 2.45) is 0 Å². The number of hydrogen-bond acceptors (Lipinski definition) is 8. The van der Waals surface area contributed by atoms with Crippen LogP contribution in [-0.4, -0.2) is 67.7 Å². The Bertz CT molecular complexity index is 1250. The molecule has 1 saturated heterocycles. The van der Waals surface area contributed by atoms with Gasteiger partial charge in [-0.25, -0.2) is 22.6 Å². The van der Waals surface area contributed by atoms with Crippen LogP contribution < -0.4 is 4.90 Å². The van der Waals surface area contributed by atoms with Gasteiger partial charge in [0.2, 0.25) is 4.34 Å². The van der Waals surface area contributed by atoms with Gasteiger partial charge >= 0.3 is 18.3 Å². The zero-order valence-corrected chi connectivity index (χ0v) is 20.0. The lowest BCUT2D eigenvalue weighted by Crippen LogP contribution is -2.54. The van der Waals surface area contributed by atoms with E-state index in [4.69, 9.17) is 0 Å². The highest BCUT2D eigenvalue weighted by Gasteiger charge is 2.63. The van der Waals surface area contributed by atoms with Crippen molar-refractivity contribution in [2.45, 2.75) is 35.3 Å². The smallest absolute Gasteiger partial charge is 0.433 e. The highest BCUT2D eigenvalue weighted by Crippen LogP contribution is 2.43. The van der Waals surface area contributed by atoms with Gasteiger partial charge in [0.15, 0.2) is 0 Å². The van der Waals surface area contributed by atoms with Crippen LogP contribution in [0.15, 0.2) is 28.7 Å². The molecule has 17 heteroatoms. The fourth-order valence-electron chi connectivity index (χ4n) is 3.68. The number of aliphatic hydroxyl groups is 1. The minimum absolute atomic E-state index is 0.0980. The summed E-state index contributed by atoms with van der Waals surface area (Å²) in [6.45, 7) is 0.454. The second-order valence-electron chi connectivity index (χ2n) is 7.76. The highest BCUT2D eigenvalue weighted by atomic mass is 32.2. The van der Waals surface area contributed by atoms with E-state index in [1.165, 1.54) is 11.8 Å². The van der Waals surface area contributed by atoms with Crippen LogP contribution in [0.5, 0.6) is 0 Å². The van der Waals surface area contributed by atoms with Gasteiger partial charge in [0, 0.05) is 37.6 Å². The second-order valence-corrected chi connectivity index (χ2v) is 10.9. The topological polar surface area (TPSA) is 100 Å². The number of sulfonamides is 1. The van der Waals surface area contributed by atoms with Crippen molar-refractivity contribution in [2.75, 3.05) is 31.6 Å². The molecule has 200 valence electrons. The summed E-state index contributed by atoms with van der Waals surface area (Å²) in [4.78, 5) is 15.2. The first-order valence-corrected chi connectivity index (χ1v) is 12.2. The second kappa shape index (κ2) is 9.42. The number of carbonyl (C=O) groups excluding carboxylic acids is 1. The normalized spacial score (nSPS) is 19.7. The zero-order valence-electron chi connectivity index (χ0n) is 18.4. The fraction of sp³-hybridized carbons (Fsp3) is 0.474. The van der Waals surface area contributed by atoms with Crippen molar-refractivity contribution < 1.29 is 53.8 Å². The minimum atomic E-state index is -5.56. The number of esters is 1. The average Bonchev–Trinajstić information content (AvgIpc) is 3.28. The van der Waals surface area contributed by atoms with E-state index < -0.39 is 60.6 Å². The number of halogens is 7. The highest BCUT2D eigenvalue weighted by molar-refractivity contribution is 7.91. The van der Waals surface area contributed by atoms with E-state index in [-0.39, 0.29) is 36.7 Å². The van der Waals surface area contributed by atoms with E-state index in [0.717, 1.165) is 16.4 Å². The first kappa shape index (κ1) is 28.1. The Morgan fingerprint density at radius 3 is 2.36 bits per heavy atom. The molecule has 0 aliphatic carbocycles. The first-order chi connectivity index (χ1) is 16.4. The van der Waals surface area contributed by atoms with Gasteiger partial charge in [-0.3, -0.25) is 0 Å². The zero-order chi connectivity index (χ0) is 27.3. The number of carbonyl (C=O) groups is 1. The summed E-state index contributed by atoms with van der Waals surface area (Å²) in [5.74, 6) is -3.20. The van der Waals surface area contributed by atoms with Gasteiger partial charge in [0.1, 0.15) is 5.82 Å². The quantitative estimate of drug-likeness (QED) is 0.440. The molecular formula is C19H18F7N3O5S2. The number of alkyl halides is 6. The Morgan fingerprint density at radius 2 is 1.83 bits per heavy atom. The molecule has 1 N–H and O–H groups in total. The maximum absolute atomic E-state index is 13.5. The van der Waals surface area contributed by atoms with Gasteiger partial charge < -0.3 is 14.7 Å². The number of aromatic nitrogens is 1. The summed E-state index contributed by atoms with van der Waals surface area (Å²) in [5, 5.41) is 10.0. The van der Waals surface area contributed by atoms with E-state index in [0.29, 0.717) is 19.4 Å². The third-order valence-corrected chi connectivity index (χ3v) is 8.92. The molecular weight excluding hydrogens is 547 g/mol. The lowest BCUT2D eigenvalue weighted by Gasteiger charge is -2.40. The van der Waals surface area contributed by atoms with Crippen molar-refractivity contribution in [1.82, 2.24) is 9.29 Å². The molecule has 0 spiro atoms. The number of rotatable bonds is 5. The van der Waals surface area contributed by atoms with E-state index >= 15 is 0 Å². The van der Waals surface area contributed by atoms with E-state index in [9.17, 15) is 49.1 Å². The number of ether oxygens (including phenoxy) is 1. The molecule has 0 radical (unpaired) electrons. The lowest BCUT2D eigenvalue weighted by atomic mass is 10.0. The average molecular weight is 565 g/mol. The van der Waals surface area contributed by atoms with Crippen LogP contribution in [0.25, 0.3) is 0 Å². The molecule has 1 fully saturated rings. The molecule has 0 saturated carbocycles. The maximum Gasteiger partial charge on any atom is 0.433 e. The number of benzene rings is 1. The number of methoxy groups -OCH3 is 1. The fourth-order valence-corrected chi connectivity index (χ4v) is 6.65. The van der Waals surface area contributed by atoms with Crippen molar-refractivity contribution >= 4 is 33.0 Å². The molecule has 2 atom stereocenters. The SMILES string of the molecule is COC(=O)C(O)(c1cnc(S(=O)(=O)N2CCN(c3ccc(F)cc3C(F)(F)F)CC2C)s1)C(F)(F)F. The molecule has 1 aromatic heterocycles. The van der Waals surface area contributed by atoms with Gasteiger partial charge in [0.25, 0.3) is 15.6 Å². The number of hydrogen-bond donors (Lipinski definition) is 1. The van der Waals surface area contributed by atoms with Crippen molar-refractivity contribution in [3.8, 4) is 0 Å². The summed E-state index contributed by atoms with van der Waals surface area (Å²) in [7, 11) is -3.98. The predicted molar refractivity (Wildman–Crippen MR) is 111 cm³/mol. The van der Waals surface area contributed by atoms with Crippen molar-refractivity contribution in [3.63, 3.8) is 0 Å². The van der Waals surface area contributed by atoms with E-state index in [2.05, 4.69) is 9.72 Å².